The first-order valence-electron chi connectivity index (χ1n) is 9.30. The van der Waals surface area contributed by atoms with Gasteiger partial charge >= 0.3 is 14.8 Å². The molecular formula is C18H38O5Si. The van der Waals surface area contributed by atoms with E-state index in [1.165, 1.54) is 32.1 Å². The van der Waals surface area contributed by atoms with Gasteiger partial charge in [-0.2, -0.15) is 0 Å². The van der Waals surface area contributed by atoms with E-state index in [0.717, 1.165) is 25.3 Å². The van der Waals surface area contributed by atoms with Crippen LogP contribution in [-0.2, 0) is 22.8 Å². The second-order valence-electron chi connectivity index (χ2n) is 6.70. The summed E-state index contributed by atoms with van der Waals surface area (Å²) < 4.78 is 21.4. The Bertz CT molecular complexity index is 298. The summed E-state index contributed by atoms with van der Waals surface area (Å²) in [5, 5.41) is 0. The second kappa shape index (κ2) is 14.9. The van der Waals surface area contributed by atoms with Crippen molar-refractivity contribution in [2.75, 3.05) is 27.9 Å². The third-order valence-corrected chi connectivity index (χ3v) is 6.96. The minimum absolute atomic E-state index is 0.0502. The molecule has 0 fully saturated rings. The summed E-state index contributed by atoms with van der Waals surface area (Å²) in [7, 11) is 2.62. The van der Waals surface area contributed by atoms with Gasteiger partial charge in [-0.15, -0.1) is 0 Å². The lowest BCUT2D eigenvalue weighted by atomic mass is 10.1. The fraction of sp³-hybridized carbons (Fsp3) is 0.944. The summed E-state index contributed by atoms with van der Waals surface area (Å²) in [6.45, 7) is 4.64. The van der Waals surface area contributed by atoms with Crippen molar-refractivity contribution in [2.45, 2.75) is 77.7 Å². The van der Waals surface area contributed by atoms with Gasteiger partial charge < -0.3 is 18.0 Å². The van der Waals surface area contributed by atoms with Crippen LogP contribution in [0.1, 0.15) is 71.6 Å². The van der Waals surface area contributed by atoms with Crippen molar-refractivity contribution in [3.05, 3.63) is 0 Å². The molecular weight excluding hydrogens is 324 g/mol. The molecule has 24 heavy (non-hydrogen) atoms. The quantitative estimate of drug-likeness (QED) is 0.229. The summed E-state index contributed by atoms with van der Waals surface area (Å²) >= 11 is 0. The van der Waals surface area contributed by atoms with Gasteiger partial charge in [-0.3, -0.25) is 4.79 Å². The van der Waals surface area contributed by atoms with E-state index in [1.807, 2.05) is 0 Å². The number of esters is 1. The van der Waals surface area contributed by atoms with Crippen LogP contribution in [0.15, 0.2) is 0 Å². The monoisotopic (exact) mass is 362 g/mol. The van der Waals surface area contributed by atoms with Crippen molar-refractivity contribution >= 4 is 14.8 Å². The lowest BCUT2D eigenvalue weighted by Gasteiger charge is -2.24. The minimum Gasteiger partial charge on any atom is -0.465 e. The van der Waals surface area contributed by atoms with Crippen molar-refractivity contribution < 1.29 is 22.8 Å². The molecule has 0 N–H and O–H groups in total. The maximum Gasteiger partial charge on any atom is 0.500 e. The highest BCUT2D eigenvalue weighted by Gasteiger charge is 2.36. The number of carbonyl (C=O) groups is 1. The molecule has 6 heteroatoms. The van der Waals surface area contributed by atoms with E-state index in [0.29, 0.717) is 18.9 Å². The van der Waals surface area contributed by atoms with Crippen molar-refractivity contribution in [2.24, 2.45) is 5.92 Å². The Morgan fingerprint density at radius 3 is 1.71 bits per heavy atom. The second-order valence-corrected chi connectivity index (χ2v) is 9.79. The van der Waals surface area contributed by atoms with E-state index in [2.05, 4.69) is 13.8 Å². The highest BCUT2D eigenvalue weighted by atomic mass is 28.4. The molecule has 0 rings (SSSR count). The third-order valence-electron chi connectivity index (χ3n) is 4.12. The van der Waals surface area contributed by atoms with Gasteiger partial charge in [0.05, 0.1) is 6.61 Å². The van der Waals surface area contributed by atoms with Crippen LogP contribution in [0.3, 0.4) is 0 Å². The Hall–Kier alpha value is -0.433. The predicted molar refractivity (Wildman–Crippen MR) is 98.9 cm³/mol. The van der Waals surface area contributed by atoms with E-state index in [4.69, 9.17) is 18.0 Å². The molecule has 0 saturated carbocycles. The van der Waals surface area contributed by atoms with Gasteiger partial charge in [-0.05, 0) is 18.8 Å². The summed E-state index contributed by atoms with van der Waals surface area (Å²) in [5.74, 6) is 0.365. The Labute approximate surface area is 149 Å². The number of hydrogen-bond donors (Lipinski definition) is 0. The first-order valence-corrected chi connectivity index (χ1v) is 11.2. The Balaban J connectivity index is 3.41. The van der Waals surface area contributed by atoms with Gasteiger partial charge in [-0.1, -0.05) is 52.4 Å². The van der Waals surface area contributed by atoms with Gasteiger partial charge in [0, 0.05) is 33.8 Å². The smallest absolute Gasteiger partial charge is 0.465 e. The van der Waals surface area contributed by atoms with Crippen LogP contribution in [0, 0.1) is 5.92 Å². The molecule has 0 radical (unpaired) electrons. The number of unbranched alkanes of at least 4 members (excludes halogenated alkanes) is 7. The Morgan fingerprint density at radius 2 is 1.25 bits per heavy atom. The van der Waals surface area contributed by atoms with E-state index < -0.39 is 8.80 Å². The Morgan fingerprint density at radius 1 is 0.792 bits per heavy atom. The molecule has 5 nitrogen and oxygen atoms in total. The summed E-state index contributed by atoms with van der Waals surface area (Å²) in [6, 6.07) is 0.884. The summed E-state index contributed by atoms with van der Waals surface area (Å²) in [5.41, 5.74) is 0. The van der Waals surface area contributed by atoms with Crippen LogP contribution < -0.4 is 0 Å². The molecule has 0 aromatic rings. The van der Waals surface area contributed by atoms with Crippen molar-refractivity contribution in [1.82, 2.24) is 0 Å². The van der Waals surface area contributed by atoms with Crippen LogP contribution in [0.5, 0.6) is 0 Å². The van der Waals surface area contributed by atoms with Crippen molar-refractivity contribution in [1.29, 1.82) is 0 Å². The highest BCUT2D eigenvalue weighted by molar-refractivity contribution is 6.60. The molecule has 0 amide bonds. The van der Waals surface area contributed by atoms with E-state index in [1.54, 1.807) is 21.3 Å². The van der Waals surface area contributed by atoms with Crippen LogP contribution in [0.25, 0.3) is 0 Å². The molecule has 0 heterocycles. The topological polar surface area (TPSA) is 54.0 Å². The van der Waals surface area contributed by atoms with Crippen LogP contribution >= 0.6 is 0 Å². The maximum absolute atomic E-state index is 11.5. The zero-order valence-corrected chi connectivity index (χ0v) is 17.4. The molecule has 0 aliphatic carbocycles. The third kappa shape index (κ3) is 12.0. The Kier molecular flexibility index (Phi) is 14.6. The molecule has 0 saturated heterocycles. The van der Waals surface area contributed by atoms with E-state index in [9.17, 15) is 4.79 Å². The van der Waals surface area contributed by atoms with Gasteiger partial charge in [-0.25, -0.2) is 0 Å². The lowest BCUT2D eigenvalue weighted by molar-refractivity contribution is -0.144. The first-order chi connectivity index (χ1) is 11.5. The number of ether oxygens (including phenoxy) is 1. The van der Waals surface area contributed by atoms with Crippen molar-refractivity contribution in [3.63, 3.8) is 0 Å². The molecule has 0 aliphatic rings. The summed E-state index contributed by atoms with van der Waals surface area (Å²) in [4.78, 5) is 11.5. The minimum atomic E-state index is -2.37. The fourth-order valence-corrected chi connectivity index (χ4v) is 4.35. The predicted octanol–water partition coefficient (Wildman–Crippen LogP) is 4.57. The van der Waals surface area contributed by atoms with Gasteiger partial charge in [0.2, 0.25) is 0 Å². The average Bonchev–Trinajstić information content (AvgIpc) is 2.58. The maximum atomic E-state index is 11.5. The fourth-order valence-electron chi connectivity index (χ4n) is 2.56. The number of hydrogen-bond acceptors (Lipinski definition) is 5. The molecule has 0 atom stereocenters. The van der Waals surface area contributed by atoms with E-state index >= 15 is 0 Å². The molecule has 0 bridgehead atoms. The zero-order chi connectivity index (χ0) is 18.3. The van der Waals surface area contributed by atoms with Crippen LogP contribution in [0.4, 0.5) is 0 Å². The SMILES string of the molecule is CO[Si](CCCCCCCCCCC(=O)OCC(C)C)(OC)OC. The average molecular weight is 363 g/mol. The largest absolute Gasteiger partial charge is 0.500 e. The molecule has 0 aromatic carbocycles. The zero-order valence-electron chi connectivity index (χ0n) is 16.4. The molecule has 0 spiro atoms. The molecule has 0 aromatic heterocycles. The van der Waals surface area contributed by atoms with Crippen molar-refractivity contribution in [3.8, 4) is 0 Å². The summed E-state index contributed by atoms with van der Waals surface area (Å²) in [6.07, 6.45) is 9.81. The highest BCUT2D eigenvalue weighted by Crippen LogP contribution is 2.18. The van der Waals surface area contributed by atoms with Gasteiger partial charge in [0.15, 0.2) is 0 Å². The van der Waals surface area contributed by atoms with Gasteiger partial charge in [0.1, 0.15) is 0 Å². The standard InChI is InChI=1S/C18H38O5Si/c1-17(2)16-23-18(19)14-12-10-8-6-7-9-11-13-15-24(20-3,21-4)22-5/h17H,6-16H2,1-5H3. The van der Waals surface area contributed by atoms with Crippen LogP contribution in [0.2, 0.25) is 6.04 Å². The van der Waals surface area contributed by atoms with Crippen LogP contribution in [-0.4, -0.2) is 42.7 Å². The van der Waals surface area contributed by atoms with E-state index in [-0.39, 0.29) is 5.97 Å². The number of rotatable bonds is 16. The molecule has 0 aliphatic heterocycles. The molecule has 0 unspecified atom stereocenters. The molecule has 144 valence electrons. The lowest BCUT2D eigenvalue weighted by Crippen LogP contribution is -2.42. The first kappa shape index (κ1) is 23.6. The number of carbonyl (C=O) groups excluding carboxylic acids is 1. The normalized spacial score (nSPS) is 11.9. The van der Waals surface area contributed by atoms with Gasteiger partial charge in [0.25, 0.3) is 0 Å².